The molecule has 2 rings (SSSR count). The molecule has 0 radical (unpaired) electrons. The Kier molecular flexibility index (Phi) is 5.28. The number of hydrogen-bond acceptors (Lipinski definition) is 3. The maximum atomic E-state index is 13.1. The van der Waals surface area contributed by atoms with Crippen molar-refractivity contribution in [1.82, 2.24) is 0 Å². The lowest BCUT2D eigenvalue weighted by Gasteiger charge is -2.11. The van der Waals surface area contributed by atoms with Crippen molar-refractivity contribution in [2.45, 2.75) is 19.9 Å². The molecule has 0 fully saturated rings. The predicted octanol–water partition coefficient (Wildman–Crippen LogP) is 4.46. The van der Waals surface area contributed by atoms with E-state index >= 15 is 0 Å². The van der Waals surface area contributed by atoms with E-state index in [4.69, 9.17) is 22.1 Å². The van der Waals surface area contributed by atoms with E-state index in [1.807, 2.05) is 19.1 Å². The van der Waals surface area contributed by atoms with E-state index in [0.717, 1.165) is 23.4 Å². The molecule has 0 aromatic heterocycles. The minimum Gasteiger partial charge on any atom is -0.493 e. The molecule has 0 aliphatic rings. The van der Waals surface area contributed by atoms with Gasteiger partial charge in [-0.05, 0) is 30.2 Å². The lowest BCUT2D eigenvalue weighted by Crippen LogP contribution is -2.02. The van der Waals surface area contributed by atoms with Crippen LogP contribution in [0.15, 0.2) is 36.4 Å². The molecular weight excluding hydrogens is 291 g/mol. The molecule has 0 aliphatic heterocycles. The summed E-state index contributed by atoms with van der Waals surface area (Å²) in [5.74, 6) is 0.316. The number of halogens is 2. The maximum absolute atomic E-state index is 13.1. The van der Waals surface area contributed by atoms with E-state index in [1.54, 1.807) is 18.2 Å². The molecule has 0 bridgehead atoms. The molecule has 0 saturated heterocycles. The SMILES string of the molecule is CCCOc1cc(N)cc(NCc2ccc(F)c(Cl)c2)c1. The summed E-state index contributed by atoms with van der Waals surface area (Å²) in [6.45, 7) is 3.22. The maximum Gasteiger partial charge on any atom is 0.141 e. The van der Waals surface area contributed by atoms with Crippen LogP contribution in [0.25, 0.3) is 0 Å². The Hall–Kier alpha value is -1.94. The quantitative estimate of drug-likeness (QED) is 0.774. The standard InChI is InChI=1S/C16H18ClFN2O/c1-2-5-21-14-8-12(19)7-13(9-14)20-10-11-3-4-16(18)15(17)6-11/h3-4,6-9,20H,2,5,10,19H2,1H3. The molecule has 2 aromatic rings. The van der Waals surface area contributed by atoms with Crippen molar-refractivity contribution in [3.05, 3.63) is 52.8 Å². The van der Waals surface area contributed by atoms with Crippen LogP contribution in [0.3, 0.4) is 0 Å². The Labute approximate surface area is 128 Å². The highest BCUT2D eigenvalue weighted by Crippen LogP contribution is 2.24. The minimum atomic E-state index is -0.417. The van der Waals surface area contributed by atoms with Gasteiger partial charge in [-0.2, -0.15) is 0 Å². The van der Waals surface area contributed by atoms with Gasteiger partial charge in [-0.15, -0.1) is 0 Å². The number of nitrogen functional groups attached to an aromatic ring is 1. The third-order valence-electron chi connectivity index (χ3n) is 2.88. The highest BCUT2D eigenvalue weighted by molar-refractivity contribution is 6.30. The molecule has 112 valence electrons. The summed E-state index contributed by atoms with van der Waals surface area (Å²) in [5.41, 5.74) is 8.22. The van der Waals surface area contributed by atoms with Crippen molar-refractivity contribution in [1.29, 1.82) is 0 Å². The van der Waals surface area contributed by atoms with E-state index in [2.05, 4.69) is 5.32 Å². The van der Waals surface area contributed by atoms with Gasteiger partial charge in [-0.3, -0.25) is 0 Å². The highest BCUT2D eigenvalue weighted by Gasteiger charge is 2.03. The molecule has 3 N–H and O–H groups in total. The number of anilines is 2. The second-order valence-corrected chi connectivity index (χ2v) is 5.15. The Morgan fingerprint density at radius 1 is 1.24 bits per heavy atom. The predicted molar refractivity (Wildman–Crippen MR) is 85.4 cm³/mol. The summed E-state index contributed by atoms with van der Waals surface area (Å²) in [5, 5.41) is 3.34. The van der Waals surface area contributed by atoms with Gasteiger partial charge in [0.2, 0.25) is 0 Å². The van der Waals surface area contributed by atoms with Crippen molar-refractivity contribution in [3.63, 3.8) is 0 Å². The Balaban J connectivity index is 2.05. The average Bonchev–Trinajstić information content (AvgIpc) is 2.46. The summed E-state index contributed by atoms with van der Waals surface area (Å²) >= 11 is 5.76. The first-order chi connectivity index (χ1) is 10.1. The van der Waals surface area contributed by atoms with Crippen molar-refractivity contribution in [2.75, 3.05) is 17.7 Å². The van der Waals surface area contributed by atoms with Crippen LogP contribution < -0.4 is 15.8 Å². The summed E-state index contributed by atoms with van der Waals surface area (Å²) < 4.78 is 18.7. The first-order valence-electron chi connectivity index (χ1n) is 6.79. The lowest BCUT2D eigenvalue weighted by atomic mass is 10.2. The van der Waals surface area contributed by atoms with Gasteiger partial charge in [0.1, 0.15) is 11.6 Å². The highest BCUT2D eigenvalue weighted by atomic mass is 35.5. The topological polar surface area (TPSA) is 47.3 Å². The van der Waals surface area contributed by atoms with E-state index in [-0.39, 0.29) is 5.02 Å². The summed E-state index contributed by atoms with van der Waals surface area (Å²) in [6.07, 6.45) is 0.936. The van der Waals surface area contributed by atoms with Gasteiger partial charge in [-0.25, -0.2) is 4.39 Å². The number of hydrogen-bond donors (Lipinski definition) is 2. The molecule has 0 aliphatic carbocycles. The van der Waals surface area contributed by atoms with Crippen molar-refractivity contribution in [3.8, 4) is 5.75 Å². The second kappa shape index (κ2) is 7.18. The van der Waals surface area contributed by atoms with Crippen LogP contribution in [0.2, 0.25) is 5.02 Å². The monoisotopic (exact) mass is 308 g/mol. The fourth-order valence-electron chi connectivity index (χ4n) is 1.88. The molecule has 0 spiro atoms. The van der Waals surface area contributed by atoms with Gasteiger partial charge in [-0.1, -0.05) is 24.6 Å². The Morgan fingerprint density at radius 3 is 2.76 bits per heavy atom. The Morgan fingerprint density at radius 2 is 2.05 bits per heavy atom. The van der Waals surface area contributed by atoms with Crippen LogP contribution in [0, 0.1) is 5.82 Å². The second-order valence-electron chi connectivity index (χ2n) is 4.74. The number of ether oxygens (including phenoxy) is 1. The zero-order valence-corrected chi connectivity index (χ0v) is 12.6. The molecule has 0 amide bonds. The zero-order valence-electron chi connectivity index (χ0n) is 11.8. The van der Waals surface area contributed by atoms with Crippen molar-refractivity contribution < 1.29 is 9.13 Å². The molecule has 0 saturated carbocycles. The largest absolute Gasteiger partial charge is 0.493 e. The molecule has 3 nitrogen and oxygen atoms in total. The van der Waals surface area contributed by atoms with Crippen molar-refractivity contribution in [2.24, 2.45) is 0 Å². The summed E-state index contributed by atoms with van der Waals surface area (Å²) in [4.78, 5) is 0. The van der Waals surface area contributed by atoms with Crippen LogP contribution in [-0.2, 0) is 6.54 Å². The molecular formula is C16H18ClFN2O. The lowest BCUT2D eigenvalue weighted by molar-refractivity contribution is 0.318. The van der Waals surface area contributed by atoms with Crippen LogP contribution in [0.4, 0.5) is 15.8 Å². The smallest absolute Gasteiger partial charge is 0.141 e. The zero-order chi connectivity index (χ0) is 15.2. The number of nitrogens with one attached hydrogen (secondary N) is 1. The molecule has 2 aromatic carbocycles. The van der Waals surface area contributed by atoms with Crippen molar-refractivity contribution >= 4 is 23.0 Å². The van der Waals surface area contributed by atoms with Crippen LogP contribution in [0.1, 0.15) is 18.9 Å². The molecule has 0 unspecified atom stereocenters. The normalized spacial score (nSPS) is 10.4. The van der Waals surface area contributed by atoms with Gasteiger partial charge in [0.15, 0.2) is 0 Å². The average molecular weight is 309 g/mol. The number of rotatable bonds is 6. The third-order valence-corrected chi connectivity index (χ3v) is 3.17. The van der Waals surface area contributed by atoms with Crippen LogP contribution >= 0.6 is 11.6 Å². The van der Waals surface area contributed by atoms with Gasteiger partial charge < -0.3 is 15.8 Å². The molecule has 0 heterocycles. The molecule has 5 heteroatoms. The van der Waals surface area contributed by atoms with Gasteiger partial charge in [0, 0.05) is 30.1 Å². The number of benzene rings is 2. The van der Waals surface area contributed by atoms with Crippen LogP contribution in [-0.4, -0.2) is 6.61 Å². The summed E-state index contributed by atoms with van der Waals surface area (Å²) in [7, 11) is 0. The van der Waals surface area contributed by atoms with E-state index in [1.165, 1.54) is 6.07 Å². The first kappa shape index (κ1) is 15.4. The fraction of sp³-hybridized carbons (Fsp3) is 0.250. The van der Waals surface area contributed by atoms with Gasteiger partial charge >= 0.3 is 0 Å². The summed E-state index contributed by atoms with van der Waals surface area (Å²) in [6, 6.07) is 10.1. The van der Waals surface area contributed by atoms with Gasteiger partial charge in [0.25, 0.3) is 0 Å². The van der Waals surface area contributed by atoms with Crippen LogP contribution in [0.5, 0.6) is 5.75 Å². The van der Waals surface area contributed by atoms with E-state index < -0.39 is 5.82 Å². The first-order valence-corrected chi connectivity index (χ1v) is 7.17. The molecule has 0 atom stereocenters. The third kappa shape index (κ3) is 4.53. The van der Waals surface area contributed by atoms with E-state index in [0.29, 0.717) is 18.8 Å². The number of nitrogens with two attached hydrogens (primary N) is 1. The Bertz CT molecular complexity index is 619. The van der Waals surface area contributed by atoms with Gasteiger partial charge in [0.05, 0.1) is 11.6 Å². The minimum absolute atomic E-state index is 0.119. The van der Waals surface area contributed by atoms with E-state index in [9.17, 15) is 4.39 Å². The fourth-order valence-corrected chi connectivity index (χ4v) is 2.08. The molecule has 21 heavy (non-hydrogen) atoms.